The molecule has 3 nitrogen and oxygen atoms in total. The van der Waals surface area contributed by atoms with E-state index in [0.717, 1.165) is 10.7 Å². The number of thiazole rings is 1. The number of halogens is 1. The van der Waals surface area contributed by atoms with Crippen molar-refractivity contribution in [3.8, 4) is 0 Å². The normalized spacial score (nSPS) is 12.3. The van der Waals surface area contributed by atoms with Gasteiger partial charge in [0.05, 0.1) is 16.6 Å². The Morgan fingerprint density at radius 3 is 2.84 bits per heavy atom. The summed E-state index contributed by atoms with van der Waals surface area (Å²) in [4.78, 5) is 15.6. The molecule has 0 amide bonds. The van der Waals surface area contributed by atoms with Crippen molar-refractivity contribution in [1.82, 2.24) is 4.98 Å². The molecule has 2 rings (SSSR count). The van der Waals surface area contributed by atoms with E-state index in [1.165, 1.54) is 23.5 Å². The number of carbonyl (C=O) groups is 1. The molecule has 0 aliphatic heterocycles. The third-order valence-electron chi connectivity index (χ3n) is 2.84. The van der Waals surface area contributed by atoms with Crippen LogP contribution in [-0.4, -0.2) is 16.1 Å². The predicted molar refractivity (Wildman–Crippen MR) is 71.8 cm³/mol. The molecule has 100 valence electrons. The molecule has 1 N–H and O–H groups in total. The lowest BCUT2D eigenvalue weighted by Gasteiger charge is -2.11. The summed E-state index contributed by atoms with van der Waals surface area (Å²) in [7, 11) is 0. The molecular formula is C14H14FNO2S. The van der Waals surface area contributed by atoms with Gasteiger partial charge in [-0.1, -0.05) is 12.1 Å². The summed E-state index contributed by atoms with van der Waals surface area (Å²) in [5, 5.41) is 12.0. The van der Waals surface area contributed by atoms with Crippen molar-refractivity contribution >= 4 is 17.3 Å². The van der Waals surface area contributed by atoms with Crippen LogP contribution in [0.5, 0.6) is 0 Å². The number of carboxylic acids is 1. The largest absolute Gasteiger partial charge is 0.481 e. The fraction of sp³-hybridized carbons (Fsp3) is 0.286. The van der Waals surface area contributed by atoms with Crippen LogP contribution < -0.4 is 0 Å². The molecule has 0 fully saturated rings. The Labute approximate surface area is 114 Å². The van der Waals surface area contributed by atoms with Crippen molar-refractivity contribution in [2.45, 2.75) is 19.8 Å². The summed E-state index contributed by atoms with van der Waals surface area (Å²) in [6, 6.07) is 6.06. The second kappa shape index (κ2) is 5.93. The number of rotatable bonds is 5. The van der Waals surface area contributed by atoms with Crippen molar-refractivity contribution in [3.05, 3.63) is 51.7 Å². The summed E-state index contributed by atoms with van der Waals surface area (Å²) in [6.07, 6.45) is 0.680. The number of benzene rings is 1. The molecule has 1 heterocycles. The summed E-state index contributed by atoms with van der Waals surface area (Å²) in [5.74, 6) is -1.80. The standard InChI is InChI=1S/C14H14FNO2S/c1-9-16-13(8-19-9)7-11(14(17)18)5-10-3-2-4-12(15)6-10/h2-4,6,8,11H,5,7H2,1H3,(H,17,18). The lowest BCUT2D eigenvalue weighted by atomic mass is 9.95. The van der Waals surface area contributed by atoms with Crippen molar-refractivity contribution in [2.75, 3.05) is 0 Å². The fourth-order valence-corrected chi connectivity index (χ4v) is 2.58. The quantitative estimate of drug-likeness (QED) is 0.915. The van der Waals surface area contributed by atoms with Crippen LogP contribution in [0.1, 0.15) is 16.3 Å². The maximum atomic E-state index is 13.1. The molecule has 1 atom stereocenters. The van der Waals surface area contributed by atoms with Gasteiger partial charge in [0.25, 0.3) is 0 Å². The summed E-state index contributed by atoms with van der Waals surface area (Å²) in [6.45, 7) is 1.89. The van der Waals surface area contributed by atoms with E-state index < -0.39 is 11.9 Å². The molecule has 0 aliphatic rings. The first-order valence-electron chi connectivity index (χ1n) is 5.93. The Morgan fingerprint density at radius 2 is 2.26 bits per heavy atom. The lowest BCUT2D eigenvalue weighted by molar-refractivity contribution is -0.141. The zero-order valence-electron chi connectivity index (χ0n) is 10.5. The molecule has 5 heteroatoms. The highest BCUT2D eigenvalue weighted by Gasteiger charge is 2.20. The second-order valence-electron chi connectivity index (χ2n) is 4.43. The minimum Gasteiger partial charge on any atom is -0.481 e. The molecule has 1 aromatic heterocycles. The monoisotopic (exact) mass is 279 g/mol. The Balaban J connectivity index is 2.10. The van der Waals surface area contributed by atoms with E-state index in [9.17, 15) is 14.3 Å². The van der Waals surface area contributed by atoms with Crippen molar-refractivity contribution in [3.63, 3.8) is 0 Å². The van der Waals surface area contributed by atoms with Gasteiger partial charge in [0, 0.05) is 11.8 Å². The highest BCUT2D eigenvalue weighted by molar-refractivity contribution is 7.09. The van der Waals surface area contributed by atoms with Gasteiger partial charge in [-0.25, -0.2) is 9.37 Å². The zero-order chi connectivity index (χ0) is 13.8. The third kappa shape index (κ3) is 3.86. The minimum absolute atomic E-state index is 0.309. The van der Waals surface area contributed by atoms with Gasteiger partial charge in [-0.05, 0) is 31.0 Å². The molecule has 2 aromatic rings. The summed E-state index contributed by atoms with van der Waals surface area (Å²) in [5.41, 5.74) is 1.48. The Morgan fingerprint density at radius 1 is 1.47 bits per heavy atom. The predicted octanol–water partition coefficient (Wildman–Crippen LogP) is 3.08. The molecular weight excluding hydrogens is 265 g/mol. The van der Waals surface area contributed by atoms with Gasteiger partial charge in [0.1, 0.15) is 5.82 Å². The van der Waals surface area contributed by atoms with Crippen LogP contribution in [0.25, 0.3) is 0 Å². The number of aromatic nitrogens is 1. The second-order valence-corrected chi connectivity index (χ2v) is 5.49. The van der Waals surface area contributed by atoms with E-state index >= 15 is 0 Å². The topological polar surface area (TPSA) is 50.2 Å². The van der Waals surface area contributed by atoms with Crippen molar-refractivity contribution < 1.29 is 14.3 Å². The Hall–Kier alpha value is -1.75. The average Bonchev–Trinajstić information content (AvgIpc) is 2.74. The van der Waals surface area contributed by atoms with Crippen LogP contribution >= 0.6 is 11.3 Å². The third-order valence-corrected chi connectivity index (χ3v) is 3.66. The van der Waals surface area contributed by atoms with E-state index in [4.69, 9.17) is 0 Å². The number of hydrogen-bond acceptors (Lipinski definition) is 3. The number of carboxylic acid groups (broad SMARTS) is 1. The van der Waals surface area contributed by atoms with Gasteiger partial charge in [-0.3, -0.25) is 4.79 Å². The maximum Gasteiger partial charge on any atom is 0.307 e. The highest BCUT2D eigenvalue weighted by Crippen LogP contribution is 2.17. The lowest BCUT2D eigenvalue weighted by Crippen LogP contribution is -2.19. The first-order valence-corrected chi connectivity index (χ1v) is 6.81. The smallest absolute Gasteiger partial charge is 0.307 e. The Bertz CT molecular complexity index is 582. The van der Waals surface area contributed by atoms with Gasteiger partial charge >= 0.3 is 5.97 Å². The summed E-state index contributed by atoms with van der Waals surface area (Å²) >= 11 is 1.50. The van der Waals surface area contributed by atoms with Crippen molar-refractivity contribution in [2.24, 2.45) is 5.92 Å². The van der Waals surface area contributed by atoms with Gasteiger partial charge in [0.15, 0.2) is 0 Å². The highest BCUT2D eigenvalue weighted by atomic mass is 32.1. The van der Waals surface area contributed by atoms with Crippen LogP contribution in [0.3, 0.4) is 0 Å². The number of aryl methyl sites for hydroxylation is 1. The van der Waals surface area contributed by atoms with Crippen molar-refractivity contribution in [1.29, 1.82) is 0 Å². The van der Waals surface area contributed by atoms with Crippen LogP contribution in [0.2, 0.25) is 0 Å². The Kier molecular flexibility index (Phi) is 4.27. The van der Waals surface area contributed by atoms with Gasteiger partial charge in [0.2, 0.25) is 0 Å². The number of nitrogens with zero attached hydrogens (tertiary/aromatic N) is 1. The SMILES string of the molecule is Cc1nc(CC(Cc2cccc(F)c2)C(=O)O)cs1. The van der Waals surface area contributed by atoms with Gasteiger partial charge in [-0.15, -0.1) is 11.3 Å². The van der Waals surface area contributed by atoms with E-state index in [2.05, 4.69) is 4.98 Å². The number of aliphatic carboxylic acids is 1. The van der Waals surface area contributed by atoms with Crippen LogP contribution in [0.15, 0.2) is 29.6 Å². The molecule has 0 bridgehead atoms. The van der Waals surface area contributed by atoms with E-state index in [-0.39, 0.29) is 5.82 Å². The molecule has 0 aliphatic carbocycles. The van der Waals surface area contributed by atoms with E-state index in [1.807, 2.05) is 12.3 Å². The fourth-order valence-electron chi connectivity index (χ4n) is 1.95. The van der Waals surface area contributed by atoms with E-state index in [1.54, 1.807) is 12.1 Å². The molecule has 0 radical (unpaired) electrons. The minimum atomic E-state index is -0.880. The first-order chi connectivity index (χ1) is 9.04. The van der Waals surface area contributed by atoms with Crippen LogP contribution in [-0.2, 0) is 17.6 Å². The molecule has 1 aromatic carbocycles. The molecule has 1 unspecified atom stereocenters. The molecule has 19 heavy (non-hydrogen) atoms. The van der Waals surface area contributed by atoms with Crippen LogP contribution in [0.4, 0.5) is 4.39 Å². The maximum absolute atomic E-state index is 13.1. The first kappa shape index (κ1) is 13.7. The van der Waals surface area contributed by atoms with Gasteiger partial charge in [-0.2, -0.15) is 0 Å². The van der Waals surface area contributed by atoms with E-state index in [0.29, 0.717) is 18.4 Å². The molecule has 0 saturated heterocycles. The summed E-state index contributed by atoms with van der Waals surface area (Å²) < 4.78 is 13.1. The zero-order valence-corrected chi connectivity index (χ0v) is 11.3. The van der Waals surface area contributed by atoms with Crippen LogP contribution in [0, 0.1) is 18.7 Å². The number of hydrogen-bond donors (Lipinski definition) is 1. The average molecular weight is 279 g/mol. The molecule has 0 saturated carbocycles. The molecule has 0 spiro atoms. The van der Waals surface area contributed by atoms with Gasteiger partial charge < -0.3 is 5.11 Å².